The zero-order valence-electron chi connectivity index (χ0n) is 17.7. The maximum Gasteiger partial charge on any atom is 0.335 e. The Morgan fingerprint density at radius 3 is 2.58 bits per heavy atom. The summed E-state index contributed by atoms with van der Waals surface area (Å²) in [6, 6.07) is 14.7. The number of morpholine rings is 1. The number of hydrogen-bond acceptors (Lipinski definition) is 5. The zero-order chi connectivity index (χ0) is 23.1. The number of halogens is 1. The summed E-state index contributed by atoms with van der Waals surface area (Å²) in [7, 11) is 0. The number of carbonyl (C=O) groups excluding carboxylic acids is 1. The van der Waals surface area contributed by atoms with Crippen molar-refractivity contribution in [2.75, 3.05) is 19.7 Å². The van der Waals surface area contributed by atoms with Crippen molar-refractivity contribution in [2.24, 2.45) is 0 Å². The minimum Gasteiger partial charge on any atom is -0.444 e. The van der Waals surface area contributed by atoms with Gasteiger partial charge in [-0.25, -0.2) is 13.8 Å². The first-order valence-corrected chi connectivity index (χ1v) is 10.4. The fourth-order valence-electron chi connectivity index (χ4n) is 4.18. The molecule has 5 rings (SSSR count). The van der Waals surface area contributed by atoms with E-state index in [4.69, 9.17) is 9.15 Å². The molecule has 8 nitrogen and oxygen atoms in total. The molecule has 2 aromatic carbocycles. The van der Waals surface area contributed by atoms with E-state index in [1.807, 2.05) is 0 Å². The van der Waals surface area contributed by atoms with E-state index in [1.54, 1.807) is 55.5 Å². The first-order valence-electron chi connectivity index (χ1n) is 10.4. The number of aromatic amines is 1. The Morgan fingerprint density at radius 1 is 1.09 bits per heavy atom. The Hall–Kier alpha value is -3.98. The van der Waals surface area contributed by atoms with Crippen molar-refractivity contribution in [2.45, 2.75) is 13.0 Å². The topological polar surface area (TPSA) is 97.5 Å². The second kappa shape index (κ2) is 8.18. The molecule has 4 aromatic rings. The van der Waals surface area contributed by atoms with Gasteiger partial charge < -0.3 is 14.1 Å². The number of carbonyl (C=O) groups is 1. The first kappa shape index (κ1) is 20.9. The Morgan fingerprint density at radius 2 is 1.82 bits per heavy atom. The summed E-state index contributed by atoms with van der Waals surface area (Å²) >= 11 is 0. The summed E-state index contributed by atoms with van der Waals surface area (Å²) in [5, 5.41) is -0.00473. The van der Waals surface area contributed by atoms with Crippen LogP contribution in [0.1, 0.15) is 27.8 Å². The number of nitrogens with zero attached hydrogens (tertiary/aromatic N) is 2. The third kappa shape index (κ3) is 3.56. The van der Waals surface area contributed by atoms with Crippen molar-refractivity contribution >= 4 is 17.0 Å². The highest BCUT2D eigenvalue weighted by Gasteiger charge is 2.32. The molecule has 2 aromatic heterocycles. The molecule has 1 atom stereocenters. The highest BCUT2D eigenvalue weighted by molar-refractivity contribution is 6.06. The maximum absolute atomic E-state index is 14.3. The van der Waals surface area contributed by atoms with Crippen LogP contribution in [0.4, 0.5) is 4.39 Å². The molecule has 0 bridgehead atoms. The first-order chi connectivity index (χ1) is 16.0. The van der Waals surface area contributed by atoms with Crippen molar-refractivity contribution in [3.63, 3.8) is 0 Å². The van der Waals surface area contributed by atoms with E-state index in [1.165, 1.54) is 11.0 Å². The summed E-state index contributed by atoms with van der Waals surface area (Å²) in [4.78, 5) is 43.5. The van der Waals surface area contributed by atoms with Gasteiger partial charge in [0.05, 0.1) is 24.4 Å². The van der Waals surface area contributed by atoms with Gasteiger partial charge >= 0.3 is 5.69 Å². The lowest BCUT2D eigenvalue weighted by atomic mass is 10.1. The molecule has 0 aliphatic carbocycles. The normalized spacial score (nSPS) is 16.3. The molecular formula is C24H20FN3O5. The molecule has 1 N–H and O–H groups in total. The van der Waals surface area contributed by atoms with Gasteiger partial charge in [0.2, 0.25) is 5.71 Å². The second-order valence-electron chi connectivity index (χ2n) is 7.78. The number of nitrogens with one attached hydrogen (secondary N) is 1. The molecule has 0 radical (unpaired) electrons. The number of para-hydroxylation sites is 1. The summed E-state index contributed by atoms with van der Waals surface area (Å²) in [5.41, 5.74) is -0.577. The van der Waals surface area contributed by atoms with Gasteiger partial charge in [-0.3, -0.25) is 14.6 Å². The highest BCUT2D eigenvalue weighted by atomic mass is 19.1. The number of hydrogen-bond donors (Lipinski definition) is 1. The predicted molar refractivity (Wildman–Crippen MR) is 118 cm³/mol. The number of aryl methyl sites for hydroxylation is 1. The molecule has 1 amide bonds. The molecular weight excluding hydrogens is 429 g/mol. The van der Waals surface area contributed by atoms with Crippen molar-refractivity contribution in [1.29, 1.82) is 0 Å². The van der Waals surface area contributed by atoms with Crippen molar-refractivity contribution in [3.8, 4) is 5.69 Å². The Labute approximate surface area is 186 Å². The lowest BCUT2D eigenvalue weighted by Crippen LogP contribution is -2.43. The third-order valence-corrected chi connectivity index (χ3v) is 5.76. The van der Waals surface area contributed by atoms with Gasteiger partial charge in [0.15, 0.2) is 0 Å². The number of fused-ring (bicyclic) bond motifs is 1. The average Bonchev–Trinajstić information content (AvgIpc) is 3.15. The van der Waals surface area contributed by atoms with Crippen LogP contribution in [-0.4, -0.2) is 40.1 Å². The van der Waals surface area contributed by atoms with Gasteiger partial charge in [-0.15, -0.1) is 0 Å². The molecule has 168 valence electrons. The van der Waals surface area contributed by atoms with Crippen LogP contribution in [0.2, 0.25) is 0 Å². The molecule has 9 heteroatoms. The van der Waals surface area contributed by atoms with Crippen LogP contribution in [0, 0.1) is 12.7 Å². The van der Waals surface area contributed by atoms with E-state index in [-0.39, 0.29) is 42.1 Å². The quantitative estimate of drug-likeness (QED) is 0.519. The molecule has 3 heterocycles. The number of ether oxygens (including phenoxy) is 1. The number of rotatable bonds is 3. The maximum atomic E-state index is 14.3. The van der Waals surface area contributed by atoms with Gasteiger partial charge in [0.25, 0.3) is 11.5 Å². The van der Waals surface area contributed by atoms with E-state index in [9.17, 15) is 18.8 Å². The van der Waals surface area contributed by atoms with Crippen molar-refractivity contribution in [1.82, 2.24) is 14.5 Å². The Bertz CT molecular complexity index is 1470. The van der Waals surface area contributed by atoms with Crippen LogP contribution in [0.5, 0.6) is 0 Å². The summed E-state index contributed by atoms with van der Waals surface area (Å²) in [6.45, 7) is 2.16. The number of aromatic nitrogens is 2. The minimum atomic E-state index is -0.669. The third-order valence-electron chi connectivity index (χ3n) is 5.76. The fraction of sp³-hybridized carbons (Fsp3) is 0.208. The van der Waals surface area contributed by atoms with Gasteiger partial charge in [-0.2, -0.15) is 0 Å². The van der Waals surface area contributed by atoms with Crippen LogP contribution < -0.4 is 11.2 Å². The van der Waals surface area contributed by atoms with Crippen molar-refractivity contribution in [3.05, 3.63) is 98.1 Å². The number of benzene rings is 2. The average molecular weight is 449 g/mol. The van der Waals surface area contributed by atoms with E-state index >= 15 is 0 Å². The van der Waals surface area contributed by atoms with Gasteiger partial charge in [-0.1, -0.05) is 36.4 Å². The Kier molecular flexibility index (Phi) is 5.18. The minimum absolute atomic E-state index is 0.00473. The van der Waals surface area contributed by atoms with Crippen LogP contribution in [0.15, 0.2) is 68.6 Å². The molecule has 33 heavy (non-hydrogen) atoms. The zero-order valence-corrected chi connectivity index (χ0v) is 17.7. The van der Waals surface area contributed by atoms with E-state index in [2.05, 4.69) is 4.98 Å². The van der Waals surface area contributed by atoms with Crippen molar-refractivity contribution < 1.29 is 18.3 Å². The van der Waals surface area contributed by atoms with Crippen LogP contribution in [0.3, 0.4) is 0 Å². The fourth-order valence-corrected chi connectivity index (χ4v) is 4.18. The van der Waals surface area contributed by atoms with Gasteiger partial charge in [-0.05, 0) is 25.1 Å². The monoisotopic (exact) mass is 449 g/mol. The largest absolute Gasteiger partial charge is 0.444 e. The number of amides is 1. The lowest BCUT2D eigenvalue weighted by molar-refractivity contribution is -0.0243. The van der Waals surface area contributed by atoms with Crippen LogP contribution in [0.25, 0.3) is 16.8 Å². The van der Waals surface area contributed by atoms with Gasteiger partial charge in [0, 0.05) is 12.1 Å². The summed E-state index contributed by atoms with van der Waals surface area (Å²) in [5.74, 6) is -0.646. The SMILES string of the molecule is Cc1oc2[nH]c(=O)n(-c3ccccc3)c(=O)c2c1C(=O)N1CCOC(c2ccccc2F)C1. The highest BCUT2D eigenvalue weighted by Crippen LogP contribution is 2.28. The van der Waals surface area contributed by atoms with Crippen LogP contribution in [-0.2, 0) is 4.74 Å². The molecule has 1 saturated heterocycles. The summed E-state index contributed by atoms with van der Waals surface area (Å²) < 4.78 is 26.5. The van der Waals surface area contributed by atoms with Crippen LogP contribution >= 0.6 is 0 Å². The smallest absolute Gasteiger partial charge is 0.335 e. The lowest BCUT2D eigenvalue weighted by Gasteiger charge is -2.33. The molecule has 0 spiro atoms. The standard InChI is InChI=1S/C24H20FN3O5/c1-14-19(22(29)27-11-12-32-18(13-27)16-9-5-6-10-17(16)25)20-21(33-14)26-24(31)28(23(20)30)15-7-3-2-4-8-15/h2-10,18H,11-13H2,1H3,(H,26,31). The molecule has 1 aliphatic heterocycles. The second-order valence-corrected chi connectivity index (χ2v) is 7.78. The Balaban J connectivity index is 1.58. The number of furan rings is 1. The summed E-state index contributed by atoms with van der Waals surface area (Å²) in [6.07, 6.45) is -0.636. The predicted octanol–water partition coefficient (Wildman–Crippen LogP) is 2.93. The number of H-pyrrole nitrogens is 1. The van der Waals surface area contributed by atoms with Gasteiger partial charge in [0.1, 0.15) is 23.1 Å². The molecule has 1 aliphatic rings. The molecule has 1 fully saturated rings. The van der Waals surface area contributed by atoms with E-state index < -0.39 is 29.1 Å². The van der Waals surface area contributed by atoms with E-state index in [0.717, 1.165) is 4.57 Å². The molecule has 1 unspecified atom stereocenters. The molecule has 0 saturated carbocycles. The van der Waals surface area contributed by atoms with E-state index in [0.29, 0.717) is 11.3 Å².